The van der Waals surface area contributed by atoms with Gasteiger partial charge in [0.15, 0.2) is 5.13 Å². The molecule has 15 heavy (non-hydrogen) atoms. The van der Waals surface area contributed by atoms with Gasteiger partial charge in [0, 0.05) is 24.7 Å². The second-order valence-corrected chi connectivity index (χ2v) is 6.47. The molecule has 1 aromatic rings. The Hall–Kier alpha value is -0.660. The van der Waals surface area contributed by atoms with E-state index in [1.807, 2.05) is 5.38 Å². The summed E-state index contributed by atoms with van der Waals surface area (Å²) in [4.78, 5) is 4.22. The van der Waals surface area contributed by atoms with Crippen LogP contribution in [0.2, 0.25) is 0 Å². The third kappa shape index (κ3) is 4.15. The maximum Gasteiger partial charge on any atom is 0.182 e. The van der Waals surface area contributed by atoms with Gasteiger partial charge >= 0.3 is 0 Å². The molecule has 5 nitrogen and oxygen atoms in total. The maximum absolute atomic E-state index is 10.9. The predicted octanol–water partition coefficient (Wildman–Crippen LogP) is 0.619. The van der Waals surface area contributed by atoms with E-state index in [1.54, 1.807) is 7.05 Å². The molecule has 1 atom stereocenters. The molecule has 1 heterocycles. The van der Waals surface area contributed by atoms with E-state index < -0.39 is 9.84 Å². The Balaban J connectivity index is 2.57. The molecule has 7 heteroatoms. The van der Waals surface area contributed by atoms with Crippen molar-refractivity contribution in [3.63, 3.8) is 0 Å². The monoisotopic (exact) mass is 249 g/mol. The molecule has 0 saturated carbocycles. The molecule has 0 aromatic carbocycles. The predicted molar refractivity (Wildman–Crippen MR) is 62.9 cm³/mol. The van der Waals surface area contributed by atoms with Crippen molar-refractivity contribution in [2.75, 3.05) is 24.4 Å². The summed E-state index contributed by atoms with van der Waals surface area (Å²) in [5.74, 6) is 0.0978. The van der Waals surface area contributed by atoms with Crippen LogP contribution in [0.25, 0.3) is 0 Å². The quantitative estimate of drug-likeness (QED) is 0.799. The zero-order valence-electron chi connectivity index (χ0n) is 8.73. The lowest BCUT2D eigenvalue weighted by atomic mass is 10.2. The Kier molecular flexibility index (Phi) is 4.06. The van der Waals surface area contributed by atoms with Crippen LogP contribution in [0, 0.1) is 0 Å². The highest BCUT2D eigenvalue weighted by Crippen LogP contribution is 2.20. The Bertz CT molecular complexity index is 413. The van der Waals surface area contributed by atoms with Crippen molar-refractivity contribution >= 4 is 26.3 Å². The van der Waals surface area contributed by atoms with Crippen LogP contribution in [0.3, 0.4) is 0 Å². The molecule has 0 aliphatic heterocycles. The normalized spacial score (nSPS) is 13.8. The Labute approximate surface area is 93.6 Å². The van der Waals surface area contributed by atoms with Crippen LogP contribution in [0.5, 0.6) is 0 Å². The van der Waals surface area contributed by atoms with Crippen molar-refractivity contribution in [3.8, 4) is 0 Å². The van der Waals surface area contributed by atoms with E-state index in [2.05, 4.69) is 10.3 Å². The summed E-state index contributed by atoms with van der Waals surface area (Å²) in [5, 5.41) is 5.55. The van der Waals surface area contributed by atoms with Gasteiger partial charge in [0.1, 0.15) is 9.84 Å². The lowest BCUT2D eigenvalue weighted by molar-refractivity contribution is 0.590. The molecule has 0 amide bonds. The summed E-state index contributed by atoms with van der Waals surface area (Å²) >= 11 is 1.46. The number of rotatable bonds is 5. The molecular formula is C8H15N3O2S2. The molecule has 1 aromatic heterocycles. The minimum absolute atomic E-state index is 0.0978. The molecule has 86 valence electrons. The van der Waals surface area contributed by atoms with E-state index >= 15 is 0 Å². The van der Waals surface area contributed by atoms with Gasteiger partial charge in [-0.1, -0.05) is 0 Å². The number of anilines is 1. The summed E-state index contributed by atoms with van der Waals surface area (Å²) in [6.07, 6.45) is 1.62. The first-order chi connectivity index (χ1) is 6.92. The molecule has 0 saturated heterocycles. The number of hydrogen-bond donors (Lipinski definition) is 2. The summed E-state index contributed by atoms with van der Waals surface area (Å²) < 4.78 is 21.9. The van der Waals surface area contributed by atoms with Crippen LogP contribution >= 0.6 is 11.3 Å². The van der Waals surface area contributed by atoms with Gasteiger partial charge in [0.05, 0.1) is 11.4 Å². The summed E-state index contributed by atoms with van der Waals surface area (Å²) in [7, 11) is -1.16. The SMILES string of the molecule is CNc1nc(C(N)CCS(C)(=O)=O)cs1. The first-order valence-corrected chi connectivity index (χ1v) is 7.43. The number of nitrogens with one attached hydrogen (secondary N) is 1. The molecule has 0 aliphatic rings. The lowest BCUT2D eigenvalue weighted by Gasteiger charge is -2.06. The fourth-order valence-electron chi connectivity index (χ4n) is 1.06. The summed E-state index contributed by atoms with van der Waals surface area (Å²) in [5.41, 5.74) is 6.57. The highest BCUT2D eigenvalue weighted by Gasteiger charge is 2.13. The van der Waals surface area contributed by atoms with Crippen molar-refractivity contribution < 1.29 is 8.42 Å². The third-order valence-corrected chi connectivity index (χ3v) is 3.77. The standard InChI is InChI=1S/C8H15N3O2S2/c1-10-8-11-7(5-14-8)6(9)3-4-15(2,12)13/h5-6H,3-4,9H2,1-2H3,(H,10,11). The van der Waals surface area contributed by atoms with E-state index in [0.29, 0.717) is 6.42 Å². The number of thiazole rings is 1. The lowest BCUT2D eigenvalue weighted by Crippen LogP contribution is -2.16. The number of aromatic nitrogens is 1. The molecule has 0 spiro atoms. The van der Waals surface area contributed by atoms with E-state index in [4.69, 9.17) is 5.73 Å². The Morgan fingerprint density at radius 3 is 2.80 bits per heavy atom. The van der Waals surface area contributed by atoms with Gasteiger partial charge in [-0.3, -0.25) is 0 Å². The molecular weight excluding hydrogens is 234 g/mol. The van der Waals surface area contributed by atoms with Gasteiger partial charge in [-0.25, -0.2) is 13.4 Å². The third-order valence-electron chi connectivity index (χ3n) is 1.92. The fraction of sp³-hybridized carbons (Fsp3) is 0.625. The van der Waals surface area contributed by atoms with E-state index in [9.17, 15) is 8.42 Å². The molecule has 0 fully saturated rings. The van der Waals surface area contributed by atoms with E-state index in [1.165, 1.54) is 17.6 Å². The average Bonchev–Trinajstić information content (AvgIpc) is 2.61. The van der Waals surface area contributed by atoms with Crippen LogP contribution in [0.1, 0.15) is 18.2 Å². The maximum atomic E-state index is 10.9. The number of hydrogen-bond acceptors (Lipinski definition) is 6. The summed E-state index contributed by atoms with van der Waals surface area (Å²) in [6, 6.07) is -0.307. The smallest absolute Gasteiger partial charge is 0.182 e. The average molecular weight is 249 g/mol. The van der Waals surface area contributed by atoms with Gasteiger partial charge < -0.3 is 11.1 Å². The number of nitrogens with two attached hydrogens (primary N) is 1. The first kappa shape index (κ1) is 12.4. The molecule has 0 aliphatic carbocycles. The fourth-order valence-corrected chi connectivity index (χ4v) is 2.48. The second kappa shape index (κ2) is 4.91. The van der Waals surface area contributed by atoms with Crippen molar-refractivity contribution in [2.45, 2.75) is 12.5 Å². The number of sulfone groups is 1. The molecule has 1 rings (SSSR count). The molecule has 0 radical (unpaired) electrons. The van der Waals surface area contributed by atoms with Crippen molar-refractivity contribution in [1.82, 2.24) is 4.98 Å². The zero-order chi connectivity index (χ0) is 11.5. The van der Waals surface area contributed by atoms with Crippen molar-refractivity contribution in [1.29, 1.82) is 0 Å². The van der Waals surface area contributed by atoms with Crippen LogP contribution in [0.4, 0.5) is 5.13 Å². The largest absolute Gasteiger partial charge is 0.365 e. The summed E-state index contributed by atoms with van der Waals surface area (Å²) in [6.45, 7) is 0. The van der Waals surface area contributed by atoms with Gasteiger partial charge in [-0.05, 0) is 6.42 Å². The van der Waals surface area contributed by atoms with Crippen LogP contribution in [-0.2, 0) is 9.84 Å². The van der Waals surface area contributed by atoms with Gasteiger partial charge in [0.2, 0.25) is 0 Å². The second-order valence-electron chi connectivity index (χ2n) is 3.35. The van der Waals surface area contributed by atoms with Crippen LogP contribution in [-0.4, -0.2) is 32.5 Å². The van der Waals surface area contributed by atoms with E-state index in [-0.39, 0.29) is 11.8 Å². The van der Waals surface area contributed by atoms with Crippen LogP contribution in [0.15, 0.2) is 5.38 Å². The van der Waals surface area contributed by atoms with Gasteiger partial charge in [-0.15, -0.1) is 11.3 Å². The van der Waals surface area contributed by atoms with Crippen LogP contribution < -0.4 is 11.1 Å². The number of nitrogens with zero attached hydrogens (tertiary/aromatic N) is 1. The van der Waals surface area contributed by atoms with Gasteiger partial charge in [0.25, 0.3) is 0 Å². The zero-order valence-corrected chi connectivity index (χ0v) is 10.4. The van der Waals surface area contributed by atoms with Crippen molar-refractivity contribution in [3.05, 3.63) is 11.1 Å². The highest BCUT2D eigenvalue weighted by atomic mass is 32.2. The van der Waals surface area contributed by atoms with Gasteiger partial charge in [-0.2, -0.15) is 0 Å². The minimum atomic E-state index is -2.95. The minimum Gasteiger partial charge on any atom is -0.365 e. The molecule has 3 N–H and O–H groups in total. The molecule has 0 bridgehead atoms. The molecule has 1 unspecified atom stereocenters. The van der Waals surface area contributed by atoms with E-state index in [0.717, 1.165) is 10.8 Å². The topological polar surface area (TPSA) is 85.1 Å². The highest BCUT2D eigenvalue weighted by molar-refractivity contribution is 7.90. The Morgan fingerprint density at radius 2 is 2.33 bits per heavy atom. The Morgan fingerprint density at radius 1 is 1.67 bits per heavy atom. The first-order valence-electron chi connectivity index (χ1n) is 4.49. The van der Waals surface area contributed by atoms with Crippen molar-refractivity contribution in [2.24, 2.45) is 5.73 Å².